The van der Waals surface area contributed by atoms with E-state index in [9.17, 15) is 0 Å². The van der Waals surface area contributed by atoms with E-state index < -0.39 is 0 Å². The van der Waals surface area contributed by atoms with Gasteiger partial charge in [0.2, 0.25) is 0 Å². The van der Waals surface area contributed by atoms with Crippen LogP contribution in [0.2, 0.25) is 0 Å². The molecule has 148 valence electrons. The van der Waals surface area contributed by atoms with Gasteiger partial charge in [0.15, 0.2) is 0 Å². The Morgan fingerprint density at radius 1 is 0.593 bits per heavy atom. The van der Waals surface area contributed by atoms with Crippen LogP contribution in [-0.4, -0.2) is 0 Å². The van der Waals surface area contributed by atoms with E-state index in [-0.39, 0.29) is 0 Å². The summed E-state index contributed by atoms with van der Waals surface area (Å²) >= 11 is 0. The van der Waals surface area contributed by atoms with Gasteiger partial charge in [0.25, 0.3) is 0 Å². The number of hydrogen-bond donors (Lipinski definition) is 2. The van der Waals surface area contributed by atoms with Crippen LogP contribution in [0, 0.1) is 0 Å². The Labute approximate surface area is 166 Å². The van der Waals surface area contributed by atoms with Crippen LogP contribution in [0.15, 0.2) is 24.3 Å². The van der Waals surface area contributed by atoms with E-state index in [1.54, 1.807) is 0 Å². The van der Waals surface area contributed by atoms with Crippen molar-refractivity contribution in [2.75, 3.05) is 11.5 Å². The van der Waals surface area contributed by atoms with Gasteiger partial charge in [-0.1, -0.05) is 64.8 Å². The third-order valence-electron chi connectivity index (χ3n) is 5.59. The van der Waals surface area contributed by atoms with Crippen molar-refractivity contribution >= 4 is 11.4 Å². The van der Waals surface area contributed by atoms with Crippen molar-refractivity contribution in [1.29, 1.82) is 0 Å². The molecule has 2 aromatic rings. The van der Waals surface area contributed by atoms with E-state index in [2.05, 4.69) is 52.0 Å². The van der Waals surface area contributed by atoms with Gasteiger partial charge in [-0.2, -0.15) is 0 Å². The Hall–Kier alpha value is -1.96. The Morgan fingerprint density at radius 2 is 0.963 bits per heavy atom. The van der Waals surface area contributed by atoms with Gasteiger partial charge in [0.1, 0.15) is 0 Å². The van der Waals surface area contributed by atoms with Crippen molar-refractivity contribution in [3.8, 4) is 0 Å². The number of hydrogen-bond acceptors (Lipinski definition) is 2. The van der Waals surface area contributed by atoms with Gasteiger partial charge in [-0.05, 0) is 78.3 Å². The summed E-state index contributed by atoms with van der Waals surface area (Å²) in [7, 11) is 0. The van der Waals surface area contributed by atoms with Crippen LogP contribution in [0.4, 0.5) is 11.4 Å². The molecule has 0 spiro atoms. The fourth-order valence-corrected chi connectivity index (χ4v) is 3.87. The van der Waals surface area contributed by atoms with E-state index in [1.165, 1.54) is 59.1 Å². The summed E-state index contributed by atoms with van der Waals surface area (Å²) in [6, 6.07) is 9.27. The molecule has 2 aromatic carbocycles. The minimum absolute atomic E-state index is 0.957. The number of nitrogen functional groups attached to an aromatic ring is 2. The highest BCUT2D eigenvalue weighted by Gasteiger charge is 2.11. The fourth-order valence-electron chi connectivity index (χ4n) is 3.87. The minimum Gasteiger partial charge on any atom is -0.398 e. The molecule has 0 aromatic heterocycles. The van der Waals surface area contributed by atoms with Crippen molar-refractivity contribution in [2.45, 2.75) is 85.5 Å². The predicted molar refractivity (Wildman–Crippen MR) is 120 cm³/mol. The van der Waals surface area contributed by atoms with Crippen molar-refractivity contribution in [3.05, 3.63) is 57.6 Å². The molecular weight excluding hydrogens is 328 g/mol. The molecule has 0 unspecified atom stereocenters. The standard InChI is InChI=1S/C25H38N2/c1-5-9-11-22-16-18(14-20(7-3)24(22)26)13-19-15-21(8-4)25(27)23(17-19)12-10-6-2/h14-17H,5-13,26-27H2,1-4H3. The fraction of sp³-hybridized carbons (Fsp3) is 0.520. The maximum absolute atomic E-state index is 6.42. The minimum atomic E-state index is 0.957. The second-order valence-corrected chi connectivity index (χ2v) is 7.75. The molecule has 2 nitrogen and oxygen atoms in total. The highest BCUT2D eigenvalue weighted by atomic mass is 14.6. The lowest BCUT2D eigenvalue weighted by Gasteiger charge is -2.16. The maximum atomic E-state index is 6.42. The van der Waals surface area contributed by atoms with Crippen LogP contribution in [0.5, 0.6) is 0 Å². The number of unbranched alkanes of at least 4 members (excludes halogenated alkanes) is 2. The first-order chi connectivity index (χ1) is 13.0. The molecule has 0 heterocycles. The summed E-state index contributed by atoms with van der Waals surface area (Å²) in [4.78, 5) is 0. The molecule has 0 atom stereocenters. The van der Waals surface area contributed by atoms with E-state index in [1.807, 2.05) is 0 Å². The van der Waals surface area contributed by atoms with Gasteiger partial charge in [-0.15, -0.1) is 0 Å². The lowest BCUT2D eigenvalue weighted by atomic mass is 9.92. The van der Waals surface area contributed by atoms with Crippen LogP contribution in [0.3, 0.4) is 0 Å². The largest absolute Gasteiger partial charge is 0.398 e. The topological polar surface area (TPSA) is 52.0 Å². The molecule has 0 bridgehead atoms. The van der Waals surface area contributed by atoms with Crippen molar-refractivity contribution in [2.24, 2.45) is 0 Å². The van der Waals surface area contributed by atoms with Crippen molar-refractivity contribution in [1.82, 2.24) is 0 Å². The SMILES string of the molecule is CCCCc1cc(Cc2cc(CC)c(N)c(CCCC)c2)cc(CC)c1N. The molecule has 2 heteroatoms. The predicted octanol–water partition coefficient (Wildman–Crippen LogP) is 6.25. The molecule has 0 aliphatic rings. The Bertz CT molecular complexity index is 683. The van der Waals surface area contributed by atoms with Crippen LogP contribution in [0.1, 0.15) is 86.8 Å². The lowest BCUT2D eigenvalue weighted by molar-refractivity contribution is 0.793. The summed E-state index contributed by atoms with van der Waals surface area (Å²) < 4.78 is 0. The number of anilines is 2. The number of aryl methyl sites for hydroxylation is 4. The van der Waals surface area contributed by atoms with Crippen molar-refractivity contribution in [3.63, 3.8) is 0 Å². The zero-order valence-electron chi connectivity index (χ0n) is 17.8. The molecule has 0 saturated heterocycles. The Balaban J connectivity index is 2.37. The molecular formula is C25H38N2. The van der Waals surface area contributed by atoms with Gasteiger partial charge < -0.3 is 11.5 Å². The third-order valence-corrected chi connectivity index (χ3v) is 5.59. The molecule has 0 aliphatic heterocycles. The van der Waals surface area contributed by atoms with Crippen LogP contribution < -0.4 is 11.5 Å². The Kier molecular flexibility index (Phi) is 8.22. The third kappa shape index (κ3) is 5.51. The molecule has 4 N–H and O–H groups in total. The Morgan fingerprint density at radius 3 is 1.30 bits per heavy atom. The monoisotopic (exact) mass is 366 g/mol. The normalized spacial score (nSPS) is 11.1. The average Bonchev–Trinajstić information content (AvgIpc) is 2.68. The lowest BCUT2D eigenvalue weighted by Crippen LogP contribution is -2.05. The van der Waals surface area contributed by atoms with Crippen LogP contribution >= 0.6 is 0 Å². The van der Waals surface area contributed by atoms with E-state index >= 15 is 0 Å². The number of nitrogens with two attached hydrogens (primary N) is 2. The van der Waals surface area contributed by atoms with E-state index in [4.69, 9.17) is 11.5 Å². The highest BCUT2D eigenvalue weighted by molar-refractivity contribution is 5.58. The molecule has 0 aliphatic carbocycles. The summed E-state index contributed by atoms with van der Waals surface area (Å²) in [5.74, 6) is 0. The molecule has 0 radical (unpaired) electrons. The molecule has 2 rings (SSSR count). The van der Waals surface area contributed by atoms with Gasteiger partial charge >= 0.3 is 0 Å². The average molecular weight is 367 g/mol. The van der Waals surface area contributed by atoms with Crippen LogP contribution in [0.25, 0.3) is 0 Å². The second kappa shape index (κ2) is 10.4. The number of benzene rings is 2. The zero-order chi connectivity index (χ0) is 19.8. The summed E-state index contributed by atoms with van der Waals surface area (Å²) in [5, 5.41) is 0. The van der Waals surface area contributed by atoms with Gasteiger partial charge in [0, 0.05) is 11.4 Å². The molecule has 0 amide bonds. The first kappa shape index (κ1) is 21.3. The summed E-state index contributed by atoms with van der Waals surface area (Å²) in [6.45, 7) is 8.86. The first-order valence-corrected chi connectivity index (χ1v) is 10.8. The molecule has 0 fully saturated rings. The first-order valence-electron chi connectivity index (χ1n) is 10.8. The second-order valence-electron chi connectivity index (χ2n) is 7.75. The van der Waals surface area contributed by atoms with E-state index in [0.717, 1.165) is 43.5 Å². The van der Waals surface area contributed by atoms with Gasteiger partial charge in [-0.3, -0.25) is 0 Å². The molecule has 0 saturated carbocycles. The van der Waals surface area contributed by atoms with Crippen LogP contribution in [-0.2, 0) is 32.1 Å². The van der Waals surface area contributed by atoms with Gasteiger partial charge in [-0.25, -0.2) is 0 Å². The van der Waals surface area contributed by atoms with Crippen molar-refractivity contribution < 1.29 is 0 Å². The molecule has 27 heavy (non-hydrogen) atoms. The quantitative estimate of drug-likeness (QED) is 0.488. The summed E-state index contributed by atoms with van der Waals surface area (Å²) in [5.41, 5.74) is 22.8. The zero-order valence-corrected chi connectivity index (χ0v) is 17.8. The highest BCUT2D eigenvalue weighted by Crippen LogP contribution is 2.27. The smallest absolute Gasteiger partial charge is 0.0379 e. The van der Waals surface area contributed by atoms with E-state index in [0.29, 0.717) is 0 Å². The van der Waals surface area contributed by atoms with Gasteiger partial charge in [0.05, 0.1) is 0 Å². The maximum Gasteiger partial charge on any atom is 0.0379 e. The number of rotatable bonds is 10. The summed E-state index contributed by atoms with van der Waals surface area (Å²) in [6.07, 6.45) is 9.87.